The van der Waals surface area contributed by atoms with E-state index in [0.29, 0.717) is 11.3 Å². The number of rotatable bonds is 4. The van der Waals surface area contributed by atoms with Crippen LogP contribution in [0.15, 0.2) is 47.4 Å². The summed E-state index contributed by atoms with van der Waals surface area (Å²) in [4.78, 5) is 1.09. The molecule has 2 rings (SSSR count). The first-order valence-electron chi connectivity index (χ1n) is 6.20. The molecule has 0 aliphatic rings. The highest BCUT2D eigenvalue weighted by atomic mass is 32.2. The SMILES string of the molecule is Cc1cccc(SCC(O)c2cc(C)ccc2F)c1. The Morgan fingerprint density at radius 1 is 1.11 bits per heavy atom. The zero-order valence-corrected chi connectivity index (χ0v) is 11.9. The fourth-order valence-electron chi connectivity index (χ4n) is 1.89. The summed E-state index contributed by atoms with van der Waals surface area (Å²) < 4.78 is 13.6. The van der Waals surface area contributed by atoms with Gasteiger partial charge in [-0.05, 0) is 32.0 Å². The van der Waals surface area contributed by atoms with E-state index in [1.165, 1.54) is 23.4 Å². The van der Waals surface area contributed by atoms with Gasteiger partial charge >= 0.3 is 0 Å². The molecule has 0 radical (unpaired) electrons. The van der Waals surface area contributed by atoms with Crippen molar-refractivity contribution in [1.29, 1.82) is 0 Å². The summed E-state index contributed by atoms with van der Waals surface area (Å²) >= 11 is 1.54. The van der Waals surface area contributed by atoms with Gasteiger partial charge in [-0.1, -0.05) is 35.4 Å². The van der Waals surface area contributed by atoms with Crippen LogP contribution in [0.5, 0.6) is 0 Å². The molecule has 1 unspecified atom stereocenters. The first-order chi connectivity index (χ1) is 9.06. The van der Waals surface area contributed by atoms with Crippen molar-refractivity contribution < 1.29 is 9.50 Å². The number of aliphatic hydroxyl groups is 1. The Hall–Kier alpha value is -1.32. The highest BCUT2D eigenvalue weighted by Gasteiger charge is 2.13. The molecule has 1 N–H and O–H groups in total. The second-order valence-corrected chi connectivity index (χ2v) is 5.76. The van der Waals surface area contributed by atoms with Crippen LogP contribution in [-0.4, -0.2) is 10.9 Å². The number of thioether (sulfide) groups is 1. The fourth-order valence-corrected chi connectivity index (χ4v) is 2.86. The van der Waals surface area contributed by atoms with Crippen LogP contribution in [0, 0.1) is 19.7 Å². The molecule has 2 aromatic carbocycles. The van der Waals surface area contributed by atoms with Crippen LogP contribution < -0.4 is 0 Å². The van der Waals surface area contributed by atoms with Crippen LogP contribution in [0.4, 0.5) is 4.39 Å². The van der Waals surface area contributed by atoms with E-state index in [2.05, 4.69) is 6.07 Å². The molecule has 0 amide bonds. The number of hydrogen-bond donors (Lipinski definition) is 1. The molecule has 0 aromatic heterocycles. The number of aliphatic hydroxyl groups excluding tert-OH is 1. The molecule has 100 valence electrons. The van der Waals surface area contributed by atoms with Crippen LogP contribution in [0.1, 0.15) is 22.8 Å². The summed E-state index contributed by atoms with van der Waals surface area (Å²) in [5.74, 6) is 0.104. The second-order valence-electron chi connectivity index (χ2n) is 4.67. The Balaban J connectivity index is 2.05. The lowest BCUT2D eigenvalue weighted by molar-refractivity contribution is 0.199. The van der Waals surface area contributed by atoms with Gasteiger partial charge in [0.2, 0.25) is 0 Å². The Kier molecular flexibility index (Phi) is 4.61. The fraction of sp³-hybridized carbons (Fsp3) is 0.250. The van der Waals surface area contributed by atoms with E-state index in [9.17, 15) is 9.50 Å². The van der Waals surface area contributed by atoms with E-state index in [4.69, 9.17) is 0 Å². The summed E-state index contributed by atoms with van der Waals surface area (Å²) in [6, 6.07) is 12.9. The van der Waals surface area contributed by atoms with E-state index in [1.54, 1.807) is 12.1 Å². The van der Waals surface area contributed by atoms with Gasteiger partial charge in [-0.15, -0.1) is 11.8 Å². The lowest BCUT2D eigenvalue weighted by Gasteiger charge is -2.12. The second kappa shape index (κ2) is 6.22. The lowest BCUT2D eigenvalue weighted by atomic mass is 10.1. The molecular formula is C16H17FOS. The number of aryl methyl sites for hydroxylation is 2. The monoisotopic (exact) mass is 276 g/mol. The Bertz CT molecular complexity index is 568. The third-order valence-corrected chi connectivity index (χ3v) is 3.98. The van der Waals surface area contributed by atoms with E-state index < -0.39 is 6.10 Å². The Morgan fingerprint density at radius 3 is 2.58 bits per heavy atom. The van der Waals surface area contributed by atoms with Gasteiger partial charge in [0.15, 0.2) is 0 Å². The molecule has 0 aliphatic carbocycles. The van der Waals surface area contributed by atoms with Crippen molar-refractivity contribution in [3.05, 3.63) is 65.0 Å². The third-order valence-electron chi connectivity index (χ3n) is 2.91. The summed E-state index contributed by atoms with van der Waals surface area (Å²) in [5, 5.41) is 10.1. The first kappa shape index (κ1) is 14.1. The molecule has 0 spiro atoms. The molecule has 19 heavy (non-hydrogen) atoms. The topological polar surface area (TPSA) is 20.2 Å². The zero-order valence-electron chi connectivity index (χ0n) is 11.1. The van der Waals surface area contributed by atoms with Crippen LogP contribution in [-0.2, 0) is 0 Å². The van der Waals surface area contributed by atoms with Crippen LogP contribution >= 0.6 is 11.8 Å². The molecule has 0 heterocycles. The molecule has 2 aromatic rings. The quantitative estimate of drug-likeness (QED) is 0.842. The summed E-state index contributed by atoms with van der Waals surface area (Å²) in [5.41, 5.74) is 2.51. The standard InChI is InChI=1S/C16H17FOS/c1-11-4-3-5-13(8-11)19-10-16(18)14-9-12(2)6-7-15(14)17/h3-9,16,18H,10H2,1-2H3. The normalized spacial score (nSPS) is 12.4. The van der Waals surface area contributed by atoms with Gasteiger partial charge < -0.3 is 5.11 Å². The first-order valence-corrected chi connectivity index (χ1v) is 7.18. The molecule has 1 atom stereocenters. The van der Waals surface area contributed by atoms with Gasteiger partial charge in [0, 0.05) is 16.2 Å². The van der Waals surface area contributed by atoms with Gasteiger partial charge in [0.1, 0.15) is 5.82 Å². The Morgan fingerprint density at radius 2 is 1.84 bits per heavy atom. The van der Waals surface area contributed by atoms with E-state index in [1.807, 2.05) is 32.0 Å². The average Bonchev–Trinajstić information content (AvgIpc) is 2.39. The molecule has 0 saturated carbocycles. The molecule has 0 fully saturated rings. The number of halogens is 1. The van der Waals surface area contributed by atoms with Gasteiger partial charge in [-0.2, -0.15) is 0 Å². The van der Waals surface area contributed by atoms with E-state index in [-0.39, 0.29) is 5.82 Å². The van der Waals surface area contributed by atoms with Crippen molar-refractivity contribution in [3.63, 3.8) is 0 Å². The highest BCUT2D eigenvalue weighted by Crippen LogP contribution is 2.27. The van der Waals surface area contributed by atoms with Gasteiger partial charge in [0.05, 0.1) is 6.10 Å². The van der Waals surface area contributed by atoms with Gasteiger partial charge in [-0.25, -0.2) is 4.39 Å². The lowest BCUT2D eigenvalue weighted by Crippen LogP contribution is -2.04. The molecular weight excluding hydrogens is 259 g/mol. The molecule has 0 aliphatic heterocycles. The molecule has 1 nitrogen and oxygen atoms in total. The number of hydrogen-bond acceptors (Lipinski definition) is 2. The van der Waals surface area contributed by atoms with Crippen molar-refractivity contribution in [2.45, 2.75) is 24.8 Å². The minimum atomic E-state index is -0.787. The Labute approximate surface area is 117 Å². The van der Waals surface area contributed by atoms with Crippen LogP contribution in [0.3, 0.4) is 0 Å². The third kappa shape index (κ3) is 3.82. The summed E-state index contributed by atoms with van der Waals surface area (Å²) in [7, 11) is 0. The van der Waals surface area contributed by atoms with Crippen molar-refractivity contribution in [3.8, 4) is 0 Å². The van der Waals surface area contributed by atoms with E-state index >= 15 is 0 Å². The van der Waals surface area contributed by atoms with Gasteiger partial charge in [0.25, 0.3) is 0 Å². The smallest absolute Gasteiger partial charge is 0.129 e. The molecule has 0 bridgehead atoms. The van der Waals surface area contributed by atoms with E-state index in [0.717, 1.165) is 10.5 Å². The van der Waals surface area contributed by atoms with Crippen LogP contribution in [0.25, 0.3) is 0 Å². The maximum atomic E-state index is 13.6. The van der Waals surface area contributed by atoms with Crippen molar-refractivity contribution in [2.24, 2.45) is 0 Å². The molecule has 0 saturated heterocycles. The van der Waals surface area contributed by atoms with Gasteiger partial charge in [-0.3, -0.25) is 0 Å². The van der Waals surface area contributed by atoms with Crippen LogP contribution in [0.2, 0.25) is 0 Å². The molecule has 3 heteroatoms. The summed E-state index contributed by atoms with van der Waals surface area (Å²) in [6.45, 7) is 3.92. The van der Waals surface area contributed by atoms with Crippen molar-refractivity contribution >= 4 is 11.8 Å². The predicted molar refractivity (Wildman–Crippen MR) is 78.0 cm³/mol. The number of benzene rings is 2. The summed E-state index contributed by atoms with van der Waals surface area (Å²) in [6.07, 6.45) is -0.787. The maximum absolute atomic E-state index is 13.6. The zero-order chi connectivity index (χ0) is 13.8. The highest BCUT2D eigenvalue weighted by molar-refractivity contribution is 7.99. The predicted octanol–water partition coefficient (Wildman–Crippen LogP) is 4.27. The average molecular weight is 276 g/mol. The minimum absolute atomic E-state index is 0.344. The maximum Gasteiger partial charge on any atom is 0.129 e. The van der Waals surface area contributed by atoms with Crippen molar-refractivity contribution in [1.82, 2.24) is 0 Å². The largest absolute Gasteiger partial charge is 0.387 e. The van der Waals surface area contributed by atoms with Crippen molar-refractivity contribution in [2.75, 3.05) is 5.75 Å². The minimum Gasteiger partial charge on any atom is -0.387 e.